The quantitative estimate of drug-likeness (QED) is 0.740. The zero-order chi connectivity index (χ0) is 21.8. The van der Waals surface area contributed by atoms with Crippen molar-refractivity contribution in [3.63, 3.8) is 0 Å². The number of hydrogen-bond donors (Lipinski definition) is 1. The van der Waals surface area contributed by atoms with Crippen LogP contribution in [0.25, 0.3) is 4.85 Å². The molecule has 1 N–H and O–H groups in total. The third-order valence-electron chi connectivity index (χ3n) is 6.04. The minimum Gasteiger partial charge on any atom is -0.481 e. The molecule has 2 aliphatic heterocycles. The van der Waals surface area contributed by atoms with E-state index in [-0.39, 0.29) is 25.0 Å². The summed E-state index contributed by atoms with van der Waals surface area (Å²) in [5, 5.41) is 9.09. The van der Waals surface area contributed by atoms with E-state index in [2.05, 4.69) is 4.85 Å². The highest BCUT2D eigenvalue weighted by molar-refractivity contribution is 5.85. The van der Waals surface area contributed by atoms with Crippen molar-refractivity contribution in [3.8, 4) is 23.0 Å². The summed E-state index contributed by atoms with van der Waals surface area (Å²) in [4.78, 5) is 14.6. The first-order valence-corrected chi connectivity index (χ1v) is 9.70. The number of halogens is 2. The molecule has 7 nitrogen and oxygen atoms in total. The van der Waals surface area contributed by atoms with Crippen LogP contribution in [0.5, 0.6) is 23.0 Å². The van der Waals surface area contributed by atoms with Gasteiger partial charge in [-0.05, 0) is 25.0 Å². The fourth-order valence-electron chi connectivity index (χ4n) is 3.84. The lowest BCUT2D eigenvalue weighted by atomic mass is 9.95. The summed E-state index contributed by atoms with van der Waals surface area (Å²) in [6.45, 7) is 7.27. The van der Waals surface area contributed by atoms with E-state index in [0.29, 0.717) is 41.4 Å². The summed E-state index contributed by atoms with van der Waals surface area (Å²) in [6, 6.07) is 5.55. The maximum Gasteiger partial charge on any atom is 0.314 e. The molecular weight excluding hydrogens is 412 g/mol. The lowest BCUT2D eigenvalue weighted by Crippen LogP contribution is -2.20. The summed E-state index contributed by atoms with van der Waals surface area (Å²) in [6.07, 6.45) is 2.40. The SMILES string of the molecule is O=C(O)C1(c2cc3c(cc2F)OCO3)CC1.[C-]#[N+]C1(c2cc3c(cc2F)OCO3)CC1. The molecule has 0 amide bonds. The number of carboxylic acids is 1. The van der Waals surface area contributed by atoms with Gasteiger partial charge in [0, 0.05) is 30.5 Å². The van der Waals surface area contributed by atoms with Gasteiger partial charge in [0.15, 0.2) is 23.0 Å². The second-order valence-electron chi connectivity index (χ2n) is 7.90. The molecule has 2 aliphatic carbocycles. The van der Waals surface area contributed by atoms with Crippen molar-refractivity contribution >= 4 is 5.97 Å². The first-order chi connectivity index (χ1) is 14.9. The number of fused-ring (bicyclic) bond motifs is 2. The van der Waals surface area contributed by atoms with Crippen LogP contribution in [0.2, 0.25) is 0 Å². The van der Waals surface area contributed by atoms with Gasteiger partial charge in [0.1, 0.15) is 11.6 Å². The van der Waals surface area contributed by atoms with Crippen LogP contribution in [0, 0.1) is 18.2 Å². The predicted molar refractivity (Wildman–Crippen MR) is 101 cm³/mol. The fourth-order valence-corrected chi connectivity index (χ4v) is 3.84. The Morgan fingerprint density at radius 1 is 0.839 bits per heavy atom. The van der Waals surface area contributed by atoms with Gasteiger partial charge in [0.05, 0.1) is 11.0 Å². The molecule has 2 fully saturated rings. The van der Waals surface area contributed by atoms with Gasteiger partial charge in [-0.15, -0.1) is 0 Å². The number of hydrogen-bond acceptors (Lipinski definition) is 5. The van der Waals surface area contributed by atoms with Crippen molar-refractivity contribution in [2.24, 2.45) is 0 Å². The van der Waals surface area contributed by atoms with E-state index >= 15 is 0 Å². The highest BCUT2D eigenvalue weighted by Crippen LogP contribution is 2.53. The Balaban J connectivity index is 0.000000132. The van der Waals surface area contributed by atoms with E-state index in [1.807, 2.05) is 0 Å². The molecule has 4 aliphatic rings. The number of carboxylic acid groups (broad SMARTS) is 1. The highest BCUT2D eigenvalue weighted by atomic mass is 19.1. The molecule has 2 heterocycles. The Labute approximate surface area is 175 Å². The zero-order valence-corrected chi connectivity index (χ0v) is 16.2. The molecule has 0 saturated heterocycles. The molecule has 2 saturated carbocycles. The van der Waals surface area contributed by atoms with E-state index in [1.54, 1.807) is 6.07 Å². The number of benzene rings is 2. The largest absolute Gasteiger partial charge is 0.481 e. The second kappa shape index (κ2) is 6.74. The zero-order valence-electron chi connectivity index (χ0n) is 16.2. The number of carbonyl (C=O) groups is 1. The van der Waals surface area contributed by atoms with Crippen molar-refractivity contribution in [1.29, 1.82) is 0 Å². The van der Waals surface area contributed by atoms with Gasteiger partial charge in [-0.1, -0.05) is 0 Å². The van der Waals surface area contributed by atoms with E-state index in [9.17, 15) is 13.6 Å². The van der Waals surface area contributed by atoms with Crippen molar-refractivity contribution in [3.05, 3.63) is 58.4 Å². The minimum absolute atomic E-state index is 0.0539. The van der Waals surface area contributed by atoms with E-state index in [1.165, 1.54) is 18.2 Å². The second-order valence-corrected chi connectivity index (χ2v) is 7.90. The van der Waals surface area contributed by atoms with Crippen LogP contribution in [0.3, 0.4) is 0 Å². The molecule has 31 heavy (non-hydrogen) atoms. The third-order valence-corrected chi connectivity index (χ3v) is 6.04. The average Bonchev–Trinajstić information content (AvgIpc) is 3.64. The van der Waals surface area contributed by atoms with Gasteiger partial charge in [0.25, 0.3) is 5.54 Å². The maximum atomic E-state index is 13.7. The molecule has 2 aromatic carbocycles. The van der Waals surface area contributed by atoms with Gasteiger partial charge >= 0.3 is 5.97 Å². The normalized spacial score (nSPS) is 19.6. The van der Waals surface area contributed by atoms with E-state index in [4.69, 9.17) is 30.6 Å². The molecule has 2 aromatic rings. The molecule has 0 atom stereocenters. The topological polar surface area (TPSA) is 78.6 Å². The van der Waals surface area contributed by atoms with Gasteiger partial charge in [-0.3, -0.25) is 4.79 Å². The Hall–Kier alpha value is -3.54. The Bertz CT molecular complexity index is 1130. The Morgan fingerprint density at radius 2 is 1.29 bits per heavy atom. The number of ether oxygens (including phenoxy) is 4. The molecule has 0 unspecified atom stereocenters. The van der Waals surface area contributed by atoms with Crippen LogP contribution >= 0.6 is 0 Å². The molecule has 0 bridgehead atoms. The molecule has 6 rings (SSSR count). The molecule has 0 radical (unpaired) electrons. The molecule has 9 heteroatoms. The summed E-state index contributed by atoms with van der Waals surface area (Å²) in [7, 11) is 0. The van der Waals surface area contributed by atoms with Crippen LogP contribution in [-0.4, -0.2) is 24.7 Å². The lowest BCUT2D eigenvalue weighted by Gasteiger charge is -2.11. The predicted octanol–water partition coefficient (Wildman–Crippen LogP) is 4.13. The van der Waals surface area contributed by atoms with Crippen LogP contribution < -0.4 is 18.9 Å². The molecule has 0 aromatic heterocycles. The Kier molecular flexibility index (Phi) is 4.22. The van der Waals surface area contributed by atoms with Crippen molar-refractivity contribution in [2.75, 3.05) is 13.6 Å². The molecular formula is C22H17F2NO6. The van der Waals surface area contributed by atoms with Crippen LogP contribution in [-0.2, 0) is 15.7 Å². The summed E-state index contributed by atoms with van der Waals surface area (Å²) in [5.41, 5.74) is -1.04. The average molecular weight is 429 g/mol. The summed E-state index contributed by atoms with van der Waals surface area (Å²) >= 11 is 0. The van der Waals surface area contributed by atoms with Gasteiger partial charge in [-0.25, -0.2) is 15.4 Å². The van der Waals surface area contributed by atoms with Gasteiger partial charge in [-0.2, -0.15) is 0 Å². The van der Waals surface area contributed by atoms with Crippen molar-refractivity contribution in [2.45, 2.75) is 36.6 Å². The number of nitrogens with zero attached hydrogens (tertiary/aromatic N) is 1. The minimum atomic E-state index is -1.05. The van der Waals surface area contributed by atoms with E-state index < -0.39 is 22.7 Å². The molecule has 160 valence electrons. The summed E-state index contributed by atoms with van der Waals surface area (Å²) in [5.74, 6) is -0.160. The highest BCUT2D eigenvalue weighted by Gasteiger charge is 2.55. The standard InChI is InChI=1S/C11H8FNO2.C11H9FO4/c1-13-11(2-3-11)7-4-9-10(5-8(7)12)15-6-14-9;12-7-4-9-8(15-5-16-9)3-6(7)11(1-2-11)10(13)14/h4-5H,2-3,6H2;3-4H,1-2,5H2,(H,13,14). The van der Waals surface area contributed by atoms with E-state index in [0.717, 1.165) is 12.8 Å². The van der Waals surface area contributed by atoms with Crippen LogP contribution in [0.15, 0.2) is 24.3 Å². The lowest BCUT2D eigenvalue weighted by molar-refractivity contribution is -0.140. The van der Waals surface area contributed by atoms with Gasteiger partial charge in [0.2, 0.25) is 13.6 Å². The summed E-state index contributed by atoms with van der Waals surface area (Å²) < 4.78 is 47.8. The number of rotatable bonds is 3. The Morgan fingerprint density at radius 3 is 1.71 bits per heavy atom. The first kappa shape index (κ1) is 19.4. The van der Waals surface area contributed by atoms with Gasteiger partial charge < -0.3 is 28.9 Å². The first-order valence-electron chi connectivity index (χ1n) is 9.70. The monoisotopic (exact) mass is 429 g/mol. The van der Waals surface area contributed by atoms with Crippen molar-refractivity contribution < 1.29 is 37.6 Å². The molecule has 0 spiro atoms. The van der Waals surface area contributed by atoms with Crippen LogP contribution in [0.1, 0.15) is 36.8 Å². The van der Waals surface area contributed by atoms with Crippen LogP contribution in [0.4, 0.5) is 8.78 Å². The van der Waals surface area contributed by atoms with Crippen molar-refractivity contribution in [1.82, 2.24) is 0 Å². The fraction of sp³-hybridized carbons (Fsp3) is 0.364. The maximum absolute atomic E-state index is 13.7. The number of aliphatic carboxylic acids is 1. The smallest absolute Gasteiger partial charge is 0.314 e. The third kappa shape index (κ3) is 3.10.